The fraction of sp³-hybridized carbons (Fsp3) is 0.500. The number of benzene rings is 1. The van der Waals surface area contributed by atoms with Crippen LogP contribution in [0.1, 0.15) is 23.2 Å². The summed E-state index contributed by atoms with van der Waals surface area (Å²) in [6, 6.07) is 9.56. The number of carbonyl (C=O) groups is 1. The quantitative estimate of drug-likeness (QED) is 0.858. The van der Waals surface area contributed by atoms with Crippen LogP contribution in [0.2, 0.25) is 0 Å². The molecular formula is C14H20N2O. The van der Waals surface area contributed by atoms with Crippen LogP contribution in [-0.2, 0) is 0 Å². The summed E-state index contributed by atoms with van der Waals surface area (Å²) in [7, 11) is 1.97. The number of carbonyl (C=O) groups excluding carboxylic acids is 1. The molecular weight excluding hydrogens is 212 g/mol. The first-order valence-corrected chi connectivity index (χ1v) is 6.30. The molecule has 2 rings (SSSR count). The van der Waals surface area contributed by atoms with Crippen molar-refractivity contribution >= 4 is 5.91 Å². The van der Waals surface area contributed by atoms with Crippen LogP contribution in [-0.4, -0.2) is 37.5 Å². The van der Waals surface area contributed by atoms with Crippen molar-refractivity contribution in [1.29, 1.82) is 0 Å². The molecule has 1 aromatic carbocycles. The van der Waals surface area contributed by atoms with Gasteiger partial charge in [0.05, 0.1) is 0 Å². The Morgan fingerprint density at radius 2 is 2.18 bits per heavy atom. The highest BCUT2D eigenvalue weighted by molar-refractivity contribution is 5.94. The van der Waals surface area contributed by atoms with Crippen molar-refractivity contribution in [3.63, 3.8) is 0 Å². The third-order valence-corrected chi connectivity index (χ3v) is 3.40. The molecule has 1 aliphatic heterocycles. The van der Waals surface area contributed by atoms with E-state index in [1.54, 1.807) is 0 Å². The summed E-state index contributed by atoms with van der Waals surface area (Å²) in [4.78, 5) is 14.2. The minimum atomic E-state index is 0.178. The van der Waals surface area contributed by atoms with Gasteiger partial charge in [0, 0.05) is 18.7 Å². The number of hydrogen-bond donors (Lipinski definition) is 1. The number of rotatable bonds is 4. The third-order valence-electron chi connectivity index (χ3n) is 3.40. The Morgan fingerprint density at radius 1 is 1.41 bits per heavy atom. The van der Waals surface area contributed by atoms with E-state index in [2.05, 4.69) is 5.32 Å². The molecule has 92 valence electrons. The van der Waals surface area contributed by atoms with Gasteiger partial charge in [-0.05, 0) is 44.5 Å². The molecule has 1 fully saturated rings. The van der Waals surface area contributed by atoms with Crippen molar-refractivity contribution in [1.82, 2.24) is 10.2 Å². The lowest BCUT2D eigenvalue weighted by Gasteiger charge is -2.16. The van der Waals surface area contributed by atoms with E-state index in [-0.39, 0.29) is 5.91 Å². The molecule has 17 heavy (non-hydrogen) atoms. The SMILES string of the molecule is CNCCC1CCN(C(=O)c2ccccc2)C1. The smallest absolute Gasteiger partial charge is 0.253 e. The lowest BCUT2D eigenvalue weighted by molar-refractivity contribution is 0.0786. The average molecular weight is 232 g/mol. The van der Waals surface area contributed by atoms with Crippen molar-refractivity contribution in [3.05, 3.63) is 35.9 Å². The first kappa shape index (κ1) is 12.1. The summed E-state index contributed by atoms with van der Waals surface area (Å²) in [5.74, 6) is 0.840. The Bertz CT molecular complexity index is 364. The Labute approximate surface area is 103 Å². The van der Waals surface area contributed by atoms with E-state index < -0.39 is 0 Å². The molecule has 1 aromatic rings. The van der Waals surface area contributed by atoms with Crippen molar-refractivity contribution in [3.8, 4) is 0 Å². The maximum absolute atomic E-state index is 12.2. The zero-order chi connectivity index (χ0) is 12.1. The van der Waals surface area contributed by atoms with E-state index in [0.29, 0.717) is 5.92 Å². The highest BCUT2D eigenvalue weighted by Gasteiger charge is 2.26. The molecule has 3 heteroatoms. The minimum absolute atomic E-state index is 0.178. The van der Waals surface area contributed by atoms with E-state index in [9.17, 15) is 4.79 Å². The topological polar surface area (TPSA) is 32.3 Å². The standard InChI is InChI=1S/C14H20N2O/c1-15-9-7-12-8-10-16(11-12)14(17)13-5-3-2-4-6-13/h2-6,12,15H,7-11H2,1H3. The largest absolute Gasteiger partial charge is 0.338 e. The third kappa shape index (κ3) is 3.07. The molecule has 0 radical (unpaired) electrons. The summed E-state index contributed by atoms with van der Waals surface area (Å²) in [6.45, 7) is 2.86. The van der Waals surface area contributed by atoms with Gasteiger partial charge in [-0.25, -0.2) is 0 Å². The van der Waals surface area contributed by atoms with Crippen LogP contribution in [0.25, 0.3) is 0 Å². The number of nitrogens with zero attached hydrogens (tertiary/aromatic N) is 1. The Balaban J connectivity index is 1.90. The van der Waals surface area contributed by atoms with Gasteiger partial charge in [-0.15, -0.1) is 0 Å². The van der Waals surface area contributed by atoms with Crippen molar-refractivity contribution < 1.29 is 4.79 Å². The van der Waals surface area contributed by atoms with Crippen LogP contribution >= 0.6 is 0 Å². The molecule has 1 unspecified atom stereocenters. The average Bonchev–Trinajstić information content (AvgIpc) is 2.85. The van der Waals surface area contributed by atoms with Gasteiger partial charge < -0.3 is 10.2 Å². The van der Waals surface area contributed by atoms with Gasteiger partial charge in [0.2, 0.25) is 0 Å². The molecule has 1 atom stereocenters. The van der Waals surface area contributed by atoms with Crippen LogP contribution in [0, 0.1) is 5.92 Å². The van der Waals surface area contributed by atoms with Gasteiger partial charge in [-0.1, -0.05) is 18.2 Å². The summed E-state index contributed by atoms with van der Waals surface area (Å²) in [5.41, 5.74) is 0.807. The first-order valence-electron chi connectivity index (χ1n) is 6.30. The molecule has 3 nitrogen and oxygen atoms in total. The Morgan fingerprint density at radius 3 is 2.88 bits per heavy atom. The summed E-state index contributed by atoms with van der Waals surface area (Å²) < 4.78 is 0. The highest BCUT2D eigenvalue weighted by Crippen LogP contribution is 2.20. The van der Waals surface area contributed by atoms with Crippen LogP contribution in [0.4, 0.5) is 0 Å². The Hall–Kier alpha value is -1.35. The molecule has 1 N–H and O–H groups in total. The van der Waals surface area contributed by atoms with Crippen LogP contribution < -0.4 is 5.32 Å². The van der Waals surface area contributed by atoms with Gasteiger partial charge in [-0.3, -0.25) is 4.79 Å². The van der Waals surface area contributed by atoms with Crippen molar-refractivity contribution in [2.24, 2.45) is 5.92 Å². The van der Waals surface area contributed by atoms with E-state index in [1.165, 1.54) is 0 Å². The summed E-state index contributed by atoms with van der Waals surface area (Å²) >= 11 is 0. The van der Waals surface area contributed by atoms with Crippen LogP contribution in [0.15, 0.2) is 30.3 Å². The van der Waals surface area contributed by atoms with Crippen LogP contribution in [0.5, 0.6) is 0 Å². The van der Waals surface area contributed by atoms with E-state index in [0.717, 1.165) is 38.0 Å². The second-order valence-electron chi connectivity index (χ2n) is 4.66. The van der Waals surface area contributed by atoms with Gasteiger partial charge >= 0.3 is 0 Å². The monoisotopic (exact) mass is 232 g/mol. The van der Waals surface area contributed by atoms with Crippen molar-refractivity contribution in [2.75, 3.05) is 26.7 Å². The normalized spacial score (nSPS) is 19.6. The van der Waals surface area contributed by atoms with E-state index in [4.69, 9.17) is 0 Å². The fourth-order valence-corrected chi connectivity index (χ4v) is 2.36. The number of nitrogens with one attached hydrogen (secondary N) is 1. The second-order valence-corrected chi connectivity index (χ2v) is 4.66. The molecule has 1 saturated heterocycles. The molecule has 1 amide bonds. The zero-order valence-corrected chi connectivity index (χ0v) is 10.4. The highest BCUT2D eigenvalue weighted by atomic mass is 16.2. The van der Waals surface area contributed by atoms with Gasteiger partial charge in [-0.2, -0.15) is 0 Å². The lowest BCUT2D eigenvalue weighted by Crippen LogP contribution is -2.29. The maximum Gasteiger partial charge on any atom is 0.253 e. The second kappa shape index (κ2) is 5.82. The first-order chi connectivity index (χ1) is 8.31. The zero-order valence-electron chi connectivity index (χ0n) is 10.4. The molecule has 0 bridgehead atoms. The fourth-order valence-electron chi connectivity index (χ4n) is 2.36. The molecule has 0 saturated carbocycles. The van der Waals surface area contributed by atoms with Crippen molar-refractivity contribution in [2.45, 2.75) is 12.8 Å². The van der Waals surface area contributed by atoms with E-state index >= 15 is 0 Å². The number of hydrogen-bond acceptors (Lipinski definition) is 2. The predicted octanol–water partition coefficient (Wildman–Crippen LogP) is 1.76. The molecule has 0 aliphatic carbocycles. The molecule has 0 aromatic heterocycles. The molecule has 1 aliphatic rings. The number of amides is 1. The maximum atomic E-state index is 12.2. The lowest BCUT2D eigenvalue weighted by atomic mass is 10.1. The van der Waals surface area contributed by atoms with E-state index in [1.807, 2.05) is 42.3 Å². The van der Waals surface area contributed by atoms with Gasteiger partial charge in [0.15, 0.2) is 0 Å². The van der Waals surface area contributed by atoms with Gasteiger partial charge in [0.1, 0.15) is 0 Å². The molecule has 0 spiro atoms. The number of likely N-dealkylation sites (tertiary alicyclic amines) is 1. The van der Waals surface area contributed by atoms with Gasteiger partial charge in [0.25, 0.3) is 5.91 Å². The predicted molar refractivity (Wildman–Crippen MR) is 69.0 cm³/mol. The molecule has 1 heterocycles. The summed E-state index contributed by atoms with van der Waals surface area (Å²) in [5, 5.41) is 3.17. The van der Waals surface area contributed by atoms with Crippen LogP contribution in [0.3, 0.4) is 0 Å². The summed E-state index contributed by atoms with van der Waals surface area (Å²) in [6.07, 6.45) is 2.30. The minimum Gasteiger partial charge on any atom is -0.338 e. The Kier molecular flexibility index (Phi) is 4.15.